The van der Waals surface area contributed by atoms with Crippen LogP contribution in [-0.2, 0) is 13.6 Å². The molecule has 0 saturated heterocycles. The van der Waals surface area contributed by atoms with Crippen LogP contribution in [0.25, 0.3) is 11.0 Å². The minimum Gasteiger partial charge on any atom is -0.495 e. The molecule has 0 atom stereocenters. The van der Waals surface area contributed by atoms with Crippen molar-refractivity contribution in [3.05, 3.63) is 33.6 Å². The zero-order chi connectivity index (χ0) is 16.3. The van der Waals surface area contributed by atoms with Gasteiger partial charge in [-0.2, -0.15) is 0 Å². The first-order chi connectivity index (χ1) is 10.4. The molecule has 0 aliphatic carbocycles. The first kappa shape index (κ1) is 17.0. The summed E-state index contributed by atoms with van der Waals surface area (Å²) in [6, 6.07) is 4.47. The molecule has 1 heterocycles. The van der Waals surface area contributed by atoms with E-state index < -0.39 is 13.2 Å². The molecule has 0 spiro atoms. The number of methoxy groups -OCH3 is 1. The van der Waals surface area contributed by atoms with Crippen molar-refractivity contribution in [3.63, 3.8) is 0 Å². The van der Waals surface area contributed by atoms with Gasteiger partial charge in [0.2, 0.25) is 0 Å². The van der Waals surface area contributed by atoms with E-state index in [0.29, 0.717) is 16.2 Å². The first-order valence-electron chi connectivity index (χ1n) is 6.66. The highest BCUT2D eigenvalue weighted by molar-refractivity contribution is 7.62. The molecule has 2 aromatic rings. The van der Waals surface area contributed by atoms with Gasteiger partial charge in [-0.1, -0.05) is 11.6 Å². The van der Waals surface area contributed by atoms with Crippen LogP contribution in [-0.4, -0.2) is 20.3 Å². The third-order valence-corrected chi connectivity index (χ3v) is 5.27. The Morgan fingerprint density at radius 1 is 1.18 bits per heavy atom. The van der Waals surface area contributed by atoms with E-state index >= 15 is 0 Å². The molecule has 0 amide bonds. The summed E-state index contributed by atoms with van der Waals surface area (Å²) >= 11 is 6.06. The number of hydrogen-bond acceptors (Lipinski definition) is 6. The maximum Gasteiger partial charge on any atom is 0.368 e. The Kier molecular flexibility index (Phi) is 5.29. The normalized spacial score (nSPS) is 11.8. The Morgan fingerprint density at radius 3 is 2.36 bits per heavy atom. The van der Waals surface area contributed by atoms with Gasteiger partial charge >= 0.3 is 13.2 Å². The van der Waals surface area contributed by atoms with Crippen LogP contribution in [0.1, 0.15) is 13.8 Å². The average molecular weight is 347 g/mol. The predicted octanol–water partition coefficient (Wildman–Crippen LogP) is 3.35. The Hall–Kier alpha value is -1.33. The average Bonchev–Trinajstić information content (AvgIpc) is 2.47. The minimum atomic E-state index is -3.73. The zero-order valence-corrected chi connectivity index (χ0v) is 14.1. The molecule has 8 heteroatoms. The summed E-state index contributed by atoms with van der Waals surface area (Å²) in [5.41, 5.74) is -0.503. The molecule has 1 aromatic carbocycles. The highest BCUT2D eigenvalue weighted by Crippen LogP contribution is 2.46. The van der Waals surface area contributed by atoms with E-state index in [2.05, 4.69) is 0 Å². The van der Waals surface area contributed by atoms with Crippen molar-refractivity contribution in [1.29, 1.82) is 0 Å². The van der Waals surface area contributed by atoms with Crippen LogP contribution in [0.2, 0.25) is 5.02 Å². The van der Waals surface area contributed by atoms with Crippen LogP contribution < -0.4 is 15.7 Å². The Morgan fingerprint density at radius 2 is 1.82 bits per heavy atom. The van der Waals surface area contributed by atoms with Crippen molar-refractivity contribution in [3.8, 4) is 5.75 Å². The number of fused-ring (bicyclic) bond motifs is 1. The van der Waals surface area contributed by atoms with E-state index in [4.69, 9.17) is 29.8 Å². The molecule has 0 N–H and O–H groups in total. The molecule has 0 unspecified atom stereocenters. The molecule has 120 valence electrons. The number of hydrogen-bond donors (Lipinski definition) is 0. The lowest BCUT2D eigenvalue weighted by Gasteiger charge is -2.16. The van der Waals surface area contributed by atoms with Crippen LogP contribution >= 0.6 is 19.2 Å². The summed E-state index contributed by atoms with van der Waals surface area (Å²) in [4.78, 5) is 12.1. The van der Waals surface area contributed by atoms with E-state index in [1.165, 1.54) is 19.2 Å². The first-order valence-corrected chi connectivity index (χ1v) is 8.58. The molecule has 6 nitrogen and oxygen atoms in total. The number of ether oxygens (including phenoxy) is 1. The summed E-state index contributed by atoms with van der Waals surface area (Å²) in [5, 5.41) is 0.697. The minimum absolute atomic E-state index is 0.137. The van der Waals surface area contributed by atoms with Crippen LogP contribution in [0.3, 0.4) is 0 Å². The molecule has 1 aromatic heterocycles. The second kappa shape index (κ2) is 6.84. The van der Waals surface area contributed by atoms with Crippen molar-refractivity contribution in [2.24, 2.45) is 0 Å². The summed E-state index contributed by atoms with van der Waals surface area (Å²) in [7, 11) is -2.27. The van der Waals surface area contributed by atoms with E-state index in [1.807, 2.05) is 0 Å². The lowest BCUT2D eigenvalue weighted by Crippen LogP contribution is -2.26. The molecule has 22 heavy (non-hydrogen) atoms. The van der Waals surface area contributed by atoms with Crippen molar-refractivity contribution in [2.45, 2.75) is 13.8 Å². The van der Waals surface area contributed by atoms with Gasteiger partial charge in [0.05, 0.1) is 25.3 Å². The topological polar surface area (TPSA) is 75.0 Å². The summed E-state index contributed by atoms with van der Waals surface area (Å²) in [6.07, 6.45) is 0. The lowest BCUT2D eigenvalue weighted by molar-refractivity contribution is 0.229. The molecule has 2 rings (SSSR count). The summed E-state index contributed by atoms with van der Waals surface area (Å²) < 4.78 is 33.4. The largest absolute Gasteiger partial charge is 0.495 e. The third kappa shape index (κ3) is 3.20. The van der Waals surface area contributed by atoms with Crippen molar-refractivity contribution in [1.82, 2.24) is 0 Å². The fourth-order valence-electron chi connectivity index (χ4n) is 1.97. The fourth-order valence-corrected chi connectivity index (χ4v) is 3.82. The van der Waals surface area contributed by atoms with Gasteiger partial charge in [0.1, 0.15) is 11.3 Å². The third-order valence-electron chi connectivity index (χ3n) is 2.88. The van der Waals surface area contributed by atoms with E-state index in [1.54, 1.807) is 19.9 Å². The molecular weight excluding hydrogens is 331 g/mol. The maximum absolute atomic E-state index is 12.7. The van der Waals surface area contributed by atoms with Crippen LogP contribution in [0, 0.1) is 0 Å². The standard InChI is InChI=1S/C14H16ClO6P/c1-4-19-22(17,20-5-2)13-7-9-6-10(15)12(18-3)8-11(9)21-14(13)16/h6-8H,4-5H2,1-3H3. The molecule has 0 aliphatic heterocycles. The number of benzene rings is 1. The van der Waals surface area contributed by atoms with Gasteiger partial charge in [0, 0.05) is 11.5 Å². The van der Waals surface area contributed by atoms with Crippen LogP contribution in [0.5, 0.6) is 5.75 Å². The van der Waals surface area contributed by atoms with E-state index in [-0.39, 0.29) is 24.1 Å². The maximum atomic E-state index is 12.7. The lowest BCUT2D eigenvalue weighted by atomic mass is 10.2. The molecule has 0 radical (unpaired) electrons. The van der Waals surface area contributed by atoms with Crippen LogP contribution in [0.4, 0.5) is 0 Å². The molecule has 0 aliphatic rings. The van der Waals surface area contributed by atoms with Gasteiger partial charge in [-0.15, -0.1) is 0 Å². The van der Waals surface area contributed by atoms with Crippen molar-refractivity contribution >= 4 is 35.5 Å². The smallest absolute Gasteiger partial charge is 0.368 e. The SMILES string of the molecule is CCOP(=O)(OCC)c1cc2cc(Cl)c(OC)cc2oc1=O. The molecule has 0 fully saturated rings. The van der Waals surface area contributed by atoms with E-state index in [0.717, 1.165) is 0 Å². The Labute approximate surface area is 132 Å². The molecular formula is C14H16ClO6P. The van der Waals surface area contributed by atoms with Crippen LogP contribution in [0.15, 0.2) is 27.4 Å². The van der Waals surface area contributed by atoms with Gasteiger partial charge in [0.25, 0.3) is 0 Å². The number of rotatable bonds is 6. The van der Waals surface area contributed by atoms with Crippen molar-refractivity contribution in [2.75, 3.05) is 20.3 Å². The molecule has 0 bridgehead atoms. The van der Waals surface area contributed by atoms with E-state index in [9.17, 15) is 9.36 Å². The second-order valence-electron chi connectivity index (χ2n) is 4.28. The summed E-state index contributed by atoms with van der Waals surface area (Å²) in [5.74, 6) is 0.378. The quantitative estimate of drug-likeness (QED) is 0.590. The Bertz CT molecular complexity index is 775. The zero-order valence-electron chi connectivity index (χ0n) is 12.4. The molecule has 0 saturated carbocycles. The number of halogens is 1. The Balaban J connectivity index is 2.67. The van der Waals surface area contributed by atoms with Gasteiger partial charge in [-0.05, 0) is 26.0 Å². The predicted molar refractivity (Wildman–Crippen MR) is 84.5 cm³/mol. The van der Waals surface area contributed by atoms with Crippen molar-refractivity contribution < 1.29 is 22.8 Å². The summed E-state index contributed by atoms with van der Waals surface area (Å²) in [6.45, 7) is 3.60. The highest BCUT2D eigenvalue weighted by Gasteiger charge is 2.31. The van der Waals surface area contributed by atoms with Gasteiger partial charge in [0.15, 0.2) is 5.30 Å². The fraction of sp³-hybridized carbons (Fsp3) is 0.357. The van der Waals surface area contributed by atoms with Gasteiger partial charge in [-0.25, -0.2) is 4.79 Å². The van der Waals surface area contributed by atoms with Gasteiger partial charge < -0.3 is 18.2 Å². The van der Waals surface area contributed by atoms with Gasteiger partial charge in [-0.3, -0.25) is 4.57 Å². The monoisotopic (exact) mass is 346 g/mol. The highest BCUT2D eigenvalue weighted by atomic mass is 35.5. The second-order valence-corrected chi connectivity index (χ2v) is 6.68.